The van der Waals surface area contributed by atoms with Crippen LogP contribution in [0.25, 0.3) is 6.08 Å². The van der Waals surface area contributed by atoms with Crippen LogP contribution >= 0.6 is 11.6 Å². The van der Waals surface area contributed by atoms with Crippen molar-refractivity contribution in [1.82, 2.24) is 0 Å². The highest BCUT2D eigenvalue weighted by Gasteiger charge is 2.18. The highest BCUT2D eigenvalue weighted by molar-refractivity contribution is 7.87. The molecule has 0 bridgehead atoms. The third-order valence-corrected chi connectivity index (χ3v) is 6.24. The second-order valence-corrected chi connectivity index (χ2v) is 9.32. The van der Waals surface area contributed by atoms with Gasteiger partial charge in [-0.05, 0) is 66.6 Å². The highest BCUT2D eigenvalue weighted by atomic mass is 35.5. The van der Waals surface area contributed by atoms with Crippen LogP contribution in [0.2, 0.25) is 5.02 Å². The van der Waals surface area contributed by atoms with Crippen molar-refractivity contribution < 1.29 is 22.2 Å². The molecule has 3 aromatic carbocycles. The molecule has 10 heteroatoms. The lowest BCUT2D eigenvalue weighted by Gasteiger charge is -2.10. The standard InChI is InChI=1S/C25H20ClN3O5S/c1-16-5-3-8-23(26)24(16)29-25(31)19(15-27)13-18-6-4-7-21(14-18)34-35(32,33)22-11-9-20(10-12-22)28-17(2)30/h3-14H,1-2H3,(H,28,30)(H,29,31)/b19-13+. The van der Waals surface area contributed by atoms with Crippen molar-refractivity contribution in [2.45, 2.75) is 18.7 Å². The van der Waals surface area contributed by atoms with Crippen LogP contribution < -0.4 is 14.8 Å². The lowest BCUT2D eigenvalue weighted by molar-refractivity contribution is -0.114. The van der Waals surface area contributed by atoms with E-state index in [1.54, 1.807) is 31.2 Å². The molecule has 0 aliphatic heterocycles. The summed E-state index contributed by atoms with van der Waals surface area (Å²) < 4.78 is 30.5. The summed E-state index contributed by atoms with van der Waals surface area (Å²) in [5.41, 5.74) is 1.74. The lowest BCUT2D eigenvalue weighted by Crippen LogP contribution is -2.14. The van der Waals surface area contributed by atoms with E-state index in [1.807, 2.05) is 6.07 Å². The molecule has 0 atom stereocenters. The monoisotopic (exact) mass is 509 g/mol. The molecule has 0 aliphatic rings. The van der Waals surface area contributed by atoms with Crippen molar-refractivity contribution in [1.29, 1.82) is 5.26 Å². The maximum atomic E-state index is 12.6. The Morgan fingerprint density at radius 2 is 1.71 bits per heavy atom. The summed E-state index contributed by atoms with van der Waals surface area (Å²) in [7, 11) is -4.17. The molecule has 0 spiro atoms. The number of para-hydroxylation sites is 1. The predicted molar refractivity (Wildman–Crippen MR) is 133 cm³/mol. The fourth-order valence-electron chi connectivity index (χ4n) is 3.03. The number of carbonyl (C=O) groups is 2. The van der Waals surface area contributed by atoms with E-state index >= 15 is 0 Å². The van der Waals surface area contributed by atoms with Gasteiger partial charge in [0, 0.05) is 12.6 Å². The van der Waals surface area contributed by atoms with Crippen molar-refractivity contribution >= 4 is 51.0 Å². The number of halogens is 1. The lowest BCUT2D eigenvalue weighted by atomic mass is 10.1. The summed E-state index contributed by atoms with van der Waals surface area (Å²) in [6.45, 7) is 3.11. The van der Waals surface area contributed by atoms with Crippen molar-refractivity contribution in [3.8, 4) is 11.8 Å². The minimum Gasteiger partial charge on any atom is -0.379 e. The molecule has 3 aromatic rings. The summed E-state index contributed by atoms with van der Waals surface area (Å²) >= 11 is 6.14. The Labute approximate surface area is 207 Å². The number of carbonyl (C=O) groups excluding carboxylic acids is 2. The molecule has 0 aromatic heterocycles. The van der Waals surface area contributed by atoms with E-state index in [-0.39, 0.29) is 22.1 Å². The number of anilines is 2. The second kappa shape index (κ2) is 10.9. The van der Waals surface area contributed by atoms with Gasteiger partial charge >= 0.3 is 10.1 Å². The Balaban J connectivity index is 1.80. The van der Waals surface area contributed by atoms with Crippen LogP contribution in [0.1, 0.15) is 18.1 Å². The first-order chi connectivity index (χ1) is 16.6. The molecule has 0 radical (unpaired) electrons. The summed E-state index contributed by atoms with van der Waals surface area (Å²) in [6, 6.07) is 18.4. The third kappa shape index (κ3) is 6.69. The van der Waals surface area contributed by atoms with E-state index in [0.717, 1.165) is 5.56 Å². The number of nitrogens with zero attached hydrogens (tertiary/aromatic N) is 1. The zero-order valence-electron chi connectivity index (χ0n) is 18.7. The van der Waals surface area contributed by atoms with E-state index in [1.165, 1.54) is 55.5 Å². The van der Waals surface area contributed by atoms with Gasteiger partial charge in [-0.15, -0.1) is 0 Å². The van der Waals surface area contributed by atoms with Gasteiger partial charge in [0.15, 0.2) is 0 Å². The van der Waals surface area contributed by atoms with Crippen molar-refractivity contribution in [3.63, 3.8) is 0 Å². The Morgan fingerprint density at radius 1 is 1.03 bits per heavy atom. The molecule has 3 rings (SSSR count). The molecule has 35 heavy (non-hydrogen) atoms. The van der Waals surface area contributed by atoms with E-state index in [4.69, 9.17) is 15.8 Å². The van der Waals surface area contributed by atoms with Gasteiger partial charge in [-0.1, -0.05) is 35.9 Å². The van der Waals surface area contributed by atoms with Crippen LogP contribution in [-0.2, 0) is 19.7 Å². The summed E-state index contributed by atoms with van der Waals surface area (Å²) in [5, 5.41) is 15.0. The predicted octanol–water partition coefficient (Wildman–Crippen LogP) is 4.92. The Bertz CT molecular complexity index is 1440. The van der Waals surface area contributed by atoms with Crippen LogP contribution in [0.3, 0.4) is 0 Å². The third-order valence-electron chi connectivity index (χ3n) is 4.66. The zero-order chi connectivity index (χ0) is 25.6. The zero-order valence-corrected chi connectivity index (χ0v) is 20.3. The van der Waals surface area contributed by atoms with Crippen LogP contribution in [0.15, 0.2) is 77.2 Å². The van der Waals surface area contributed by atoms with Crippen molar-refractivity contribution in [3.05, 3.63) is 88.5 Å². The molecule has 0 aliphatic carbocycles. The van der Waals surface area contributed by atoms with Crippen molar-refractivity contribution in [2.75, 3.05) is 10.6 Å². The number of hydrogen-bond acceptors (Lipinski definition) is 6. The number of nitriles is 1. The fraction of sp³-hybridized carbons (Fsp3) is 0.0800. The SMILES string of the molecule is CC(=O)Nc1ccc(S(=O)(=O)Oc2cccc(/C=C(\C#N)C(=O)Nc3c(C)cccc3Cl)c2)cc1. The summed E-state index contributed by atoms with van der Waals surface area (Å²) in [5.74, 6) is -0.958. The van der Waals surface area contributed by atoms with E-state index in [0.29, 0.717) is 22.0 Å². The average molecular weight is 510 g/mol. The first-order valence-electron chi connectivity index (χ1n) is 10.2. The fourth-order valence-corrected chi connectivity index (χ4v) is 4.22. The Morgan fingerprint density at radius 3 is 2.34 bits per heavy atom. The normalized spacial score (nSPS) is 11.3. The van der Waals surface area contributed by atoms with E-state index in [9.17, 15) is 23.3 Å². The molecule has 178 valence electrons. The molecular weight excluding hydrogens is 490 g/mol. The second-order valence-electron chi connectivity index (χ2n) is 7.37. The smallest absolute Gasteiger partial charge is 0.339 e. The molecule has 8 nitrogen and oxygen atoms in total. The first kappa shape index (κ1) is 25.5. The van der Waals surface area contributed by atoms with Crippen LogP contribution in [0, 0.1) is 18.3 Å². The molecule has 0 unspecified atom stereocenters. The largest absolute Gasteiger partial charge is 0.379 e. The summed E-state index contributed by atoms with van der Waals surface area (Å²) in [4.78, 5) is 23.6. The van der Waals surface area contributed by atoms with Gasteiger partial charge in [0.05, 0.1) is 10.7 Å². The van der Waals surface area contributed by atoms with Crippen LogP contribution in [0.4, 0.5) is 11.4 Å². The molecular formula is C25H20ClN3O5S. The van der Waals surface area contributed by atoms with Gasteiger partial charge in [0.1, 0.15) is 22.3 Å². The maximum absolute atomic E-state index is 12.6. The summed E-state index contributed by atoms with van der Waals surface area (Å²) in [6.07, 6.45) is 1.31. The Hall–Kier alpha value is -4.13. The molecule has 2 amide bonds. The molecule has 0 saturated heterocycles. The van der Waals surface area contributed by atoms with Gasteiger partial charge in [-0.3, -0.25) is 9.59 Å². The van der Waals surface area contributed by atoms with E-state index < -0.39 is 16.0 Å². The number of aryl methyl sites for hydroxylation is 1. The number of amides is 2. The number of benzene rings is 3. The van der Waals surface area contributed by atoms with Gasteiger partial charge in [-0.25, -0.2) is 0 Å². The van der Waals surface area contributed by atoms with Gasteiger partial charge in [0.2, 0.25) is 5.91 Å². The van der Waals surface area contributed by atoms with Crippen molar-refractivity contribution in [2.24, 2.45) is 0 Å². The number of nitrogens with one attached hydrogen (secondary N) is 2. The molecule has 0 saturated carbocycles. The maximum Gasteiger partial charge on any atom is 0.339 e. The molecule has 2 N–H and O–H groups in total. The number of rotatable bonds is 7. The van der Waals surface area contributed by atoms with Crippen LogP contribution in [-0.4, -0.2) is 20.2 Å². The molecule has 0 fully saturated rings. The first-order valence-corrected chi connectivity index (χ1v) is 12.0. The highest BCUT2D eigenvalue weighted by Crippen LogP contribution is 2.26. The van der Waals surface area contributed by atoms with Gasteiger partial charge in [0.25, 0.3) is 5.91 Å². The van der Waals surface area contributed by atoms with Crippen LogP contribution in [0.5, 0.6) is 5.75 Å². The minimum absolute atomic E-state index is 0.00988. The van der Waals surface area contributed by atoms with Gasteiger partial charge in [-0.2, -0.15) is 13.7 Å². The van der Waals surface area contributed by atoms with Gasteiger partial charge < -0.3 is 14.8 Å². The minimum atomic E-state index is -4.17. The quantitative estimate of drug-likeness (QED) is 0.264. The number of hydrogen-bond donors (Lipinski definition) is 2. The average Bonchev–Trinajstić information content (AvgIpc) is 2.80. The van der Waals surface area contributed by atoms with E-state index in [2.05, 4.69) is 10.6 Å². The topological polar surface area (TPSA) is 125 Å². The molecule has 0 heterocycles. The Kier molecular flexibility index (Phi) is 7.91.